The van der Waals surface area contributed by atoms with Crippen molar-refractivity contribution in [3.63, 3.8) is 0 Å². The molecular weight excluding hydrogens is 316 g/mol. The molecule has 0 bridgehead atoms. The number of para-hydroxylation sites is 1. The number of nitrogens with two attached hydrogens (primary N) is 1. The van der Waals surface area contributed by atoms with Gasteiger partial charge in [-0.25, -0.2) is 0 Å². The summed E-state index contributed by atoms with van der Waals surface area (Å²) in [5.74, 6) is 1.46. The van der Waals surface area contributed by atoms with Crippen molar-refractivity contribution in [1.82, 2.24) is 5.32 Å². The van der Waals surface area contributed by atoms with Gasteiger partial charge in [0.15, 0.2) is 0 Å². The first kappa shape index (κ1) is 18.0. The Labute approximate surface area is 143 Å². The second-order valence-electron chi connectivity index (χ2n) is 6.31. The minimum atomic E-state index is -0.804. The van der Waals surface area contributed by atoms with Crippen LogP contribution in [-0.4, -0.2) is 31.3 Å². The number of carbonyl (C=O) groups excluding carboxylic acids is 1. The average molecular weight is 341 g/mol. The van der Waals surface area contributed by atoms with E-state index in [4.69, 9.17) is 15.2 Å². The van der Waals surface area contributed by atoms with E-state index in [0.29, 0.717) is 38.5 Å². The van der Waals surface area contributed by atoms with Crippen LogP contribution in [0.1, 0.15) is 31.2 Å². The van der Waals surface area contributed by atoms with Crippen LogP contribution in [-0.2, 0) is 16.1 Å². The molecule has 1 amide bonds. The van der Waals surface area contributed by atoms with Gasteiger partial charge >= 0.3 is 0 Å². The number of hydrogen-bond donors (Lipinski definition) is 2. The van der Waals surface area contributed by atoms with E-state index >= 15 is 0 Å². The third-order valence-electron chi connectivity index (χ3n) is 4.42. The lowest BCUT2D eigenvalue weighted by Gasteiger charge is -2.31. The highest BCUT2D eigenvalue weighted by Crippen LogP contribution is 2.30. The maximum Gasteiger partial charge on any atom is 0.240 e. The third kappa shape index (κ3) is 4.83. The van der Waals surface area contributed by atoms with Crippen molar-refractivity contribution in [2.24, 2.45) is 11.7 Å². The topological polar surface area (TPSA) is 73.6 Å². The van der Waals surface area contributed by atoms with Crippen molar-refractivity contribution in [1.29, 1.82) is 0 Å². The zero-order valence-corrected chi connectivity index (χ0v) is 14.1. The first-order valence-electron chi connectivity index (χ1n) is 8.03. The molecule has 0 atom stereocenters. The summed E-state index contributed by atoms with van der Waals surface area (Å²) in [5, 5.41) is 2.95. The normalized spacial score (nSPS) is 19.5. The Hall–Kier alpha value is -1.30. The van der Waals surface area contributed by atoms with Crippen LogP contribution in [0.5, 0.6) is 5.75 Å². The molecule has 1 aromatic rings. The molecule has 0 spiro atoms. The lowest BCUT2D eigenvalue weighted by atomic mass is 9.90. The van der Waals surface area contributed by atoms with E-state index in [1.807, 2.05) is 24.3 Å². The standard InChI is InChI=1S/C17H24N2O3.ClH/c18-17(7-9-21-10-8-17)16(20)19-11-14-3-1-2-4-15(14)22-12-13-5-6-13;/h1-4,13H,5-12,18H2,(H,19,20);1H. The van der Waals surface area contributed by atoms with E-state index in [1.165, 1.54) is 12.8 Å². The van der Waals surface area contributed by atoms with Crippen molar-refractivity contribution in [2.45, 2.75) is 37.8 Å². The number of halogens is 1. The Kier molecular flexibility index (Phi) is 6.27. The fraction of sp³-hybridized carbons (Fsp3) is 0.588. The zero-order valence-electron chi connectivity index (χ0n) is 13.3. The summed E-state index contributed by atoms with van der Waals surface area (Å²) in [6.45, 7) is 2.30. The number of nitrogens with one attached hydrogen (secondary N) is 1. The van der Waals surface area contributed by atoms with Crippen molar-refractivity contribution >= 4 is 18.3 Å². The number of ether oxygens (including phenoxy) is 2. The highest BCUT2D eigenvalue weighted by Gasteiger charge is 2.35. The van der Waals surface area contributed by atoms with Crippen LogP contribution in [0.4, 0.5) is 0 Å². The summed E-state index contributed by atoms with van der Waals surface area (Å²) in [7, 11) is 0. The predicted octanol–water partition coefficient (Wildman–Crippen LogP) is 2.02. The zero-order chi connectivity index (χ0) is 15.4. The summed E-state index contributed by atoms with van der Waals surface area (Å²) in [6.07, 6.45) is 3.66. The molecule has 23 heavy (non-hydrogen) atoms. The predicted molar refractivity (Wildman–Crippen MR) is 90.7 cm³/mol. The maximum atomic E-state index is 12.3. The first-order chi connectivity index (χ1) is 10.7. The number of benzene rings is 1. The molecule has 0 radical (unpaired) electrons. The van der Waals surface area contributed by atoms with E-state index in [9.17, 15) is 4.79 Å². The smallest absolute Gasteiger partial charge is 0.240 e. The molecule has 3 N–H and O–H groups in total. The van der Waals surface area contributed by atoms with Gasteiger partial charge in [0, 0.05) is 25.3 Å². The second kappa shape index (κ2) is 7.99. The molecule has 0 unspecified atom stereocenters. The van der Waals surface area contributed by atoms with Gasteiger partial charge in [-0.3, -0.25) is 4.79 Å². The molecule has 128 valence electrons. The van der Waals surface area contributed by atoms with Crippen LogP contribution in [0.3, 0.4) is 0 Å². The molecular formula is C17H25ClN2O3. The summed E-state index contributed by atoms with van der Waals surface area (Å²) in [5.41, 5.74) is 6.38. The summed E-state index contributed by atoms with van der Waals surface area (Å²) >= 11 is 0. The molecule has 6 heteroatoms. The molecule has 1 aromatic carbocycles. The number of hydrogen-bond acceptors (Lipinski definition) is 4. The number of amides is 1. The summed E-state index contributed by atoms with van der Waals surface area (Å²) in [6, 6.07) is 7.85. The largest absolute Gasteiger partial charge is 0.493 e. The molecule has 3 rings (SSSR count). The van der Waals surface area contributed by atoms with E-state index in [2.05, 4.69) is 5.32 Å². The molecule has 1 aliphatic heterocycles. The highest BCUT2D eigenvalue weighted by molar-refractivity contribution is 5.86. The van der Waals surface area contributed by atoms with Gasteiger partial charge in [-0.2, -0.15) is 0 Å². The quantitative estimate of drug-likeness (QED) is 0.831. The molecule has 1 saturated carbocycles. The van der Waals surface area contributed by atoms with Crippen molar-refractivity contribution in [3.8, 4) is 5.75 Å². The van der Waals surface area contributed by atoms with Crippen LogP contribution < -0.4 is 15.8 Å². The first-order valence-corrected chi connectivity index (χ1v) is 8.03. The highest BCUT2D eigenvalue weighted by atomic mass is 35.5. The summed E-state index contributed by atoms with van der Waals surface area (Å²) < 4.78 is 11.1. The van der Waals surface area contributed by atoms with Crippen LogP contribution in [0.25, 0.3) is 0 Å². The van der Waals surface area contributed by atoms with Gasteiger partial charge in [0.25, 0.3) is 0 Å². The molecule has 0 aromatic heterocycles. The number of rotatable bonds is 6. The summed E-state index contributed by atoms with van der Waals surface area (Å²) in [4.78, 5) is 12.3. The Morgan fingerprint density at radius 2 is 2.00 bits per heavy atom. The van der Waals surface area contributed by atoms with Crippen LogP contribution >= 0.6 is 12.4 Å². The lowest BCUT2D eigenvalue weighted by Crippen LogP contribution is -2.56. The molecule has 1 saturated heterocycles. The Balaban J connectivity index is 0.00000192. The molecule has 5 nitrogen and oxygen atoms in total. The monoisotopic (exact) mass is 340 g/mol. The SMILES string of the molecule is Cl.NC1(C(=O)NCc2ccccc2OCC2CC2)CCOCC1. The van der Waals surface area contributed by atoms with Crippen molar-refractivity contribution in [2.75, 3.05) is 19.8 Å². The van der Waals surface area contributed by atoms with E-state index in [0.717, 1.165) is 17.9 Å². The average Bonchev–Trinajstić information content (AvgIpc) is 3.36. The fourth-order valence-corrected chi connectivity index (χ4v) is 2.60. The minimum Gasteiger partial charge on any atom is -0.493 e. The van der Waals surface area contributed by atoms with E-state index in [1.54, 1.807) is 0 Å². The molecule has 2 fully saturated rings. The maximum absolute atomic E-state index is 12.3. The van der Waals surface area contributed by atoms with E-state index < -0.39 is 5.54 Å². The van der Waals surface area contributed by atoms with Gasteiger partial charge in [-0.1, -0.05) is 18.2 Å². The molecule has 1 aliphatic carbocycles. The Bertz CT molecular complexity index is 528. The minimum absolute atomic E-state index is 0. The van der Waals surface area contributed by atoms with Crippen molar-refractivity contribution < 1.29 is 14.3 Å². The van der Waals surface area contributed by atoms with Gasteiger partial charge in [0.05, 0.1) is 12.1 Å². The Morgan fingerprint density at radius 1 is 1.30 bits per heavy atom. The second-order valence-corrected chi connectivity index (χ2v) is 6.31. The molecule has 1 heterocycles. The van der Waals surface area contributed by atoms with Crippen LogP contribution in [0.2, 0.25) is 0 Å². The Morgan fingerprint density at radius 3 is 2.70 bits per heavy atom. The van der Waals surface area contributed by atoms with Crippen LogP contribution in [0.15, 0.2) is 24.3 Å². The number of carbonyl (C=O) groups is 1. The fourth-order valence-electron chi connectivity index (χ4n) is 2.60. The van der Waals surface area contributed by atoms with E-state index in [-0.39, 0.29) is 18.3 Å². The van der Waals surface area contributed by atoms with Gasteiger partial charge in [-0.15, -0.1) is 12.4 Å². The van der Waals surface area contributed by atoms with Crippen LogP contribution in [0, 0.1) is 5.92 Å². The van der Waals surface area contributed by atoms with Crippen molar-refractivity contribution in [3.05, 3.63) is 29.8 Å². The van der Waals surface area contributed by atoms with Gasteiger partial charge < -0.3 is 20.5 Å². The van der Waals surface area contributed by atoms with Gasteiger partial charge in [0.1, 0.15) is 5.75 Å². The molecule has 2 aliphatic rings. The van der Waals surface area contributed by atoms with Gasteiger partial charge in [0.2, 0.25) is 5.91 Å². The lowest BCUT2D eigenvalue weighted by molar-refractivity contribution is -0.129. The van der Waals surface area contributed by atoms with Gasteiger partial charge in [-0.05, 0) is 37.7 Å². The third-order valence-corrected chi connectivity index (χ3v) is 4.42.